The highest BCUT2D eigenvalue weighted by atomic mass is 32.2. The monoisotopic (exact) mass is 324 g/mol. The molecule has 0 saturated carbocycles. The number of nitrogens with one attached hydrogen (secondary N) is 1. The molecule has 0 unspecified atom stereocenters. The van der Waals surface area contributed by atoms with Gasteiger partial charge < -0.3 is 15.5 Å². The standard InChI is InChI=1S/C14H16N2O3S2/c1-20-11-4-2-9(3-5-11)6-12-13(19)16-14(21-12)15-10(7-17)8-18/h2-6,10,17-18H,7-8H2,1H3,(H,15,16,19)/b12-6-. The predicted octanol–water partition coefficient (Wildman–Crippen LogP) is 1.32. The minimum Gasteiger partial charge on any atom is -0.394 e. The van der Waals surface area contributed by atoms with Crippen molar-refractivity contribution < 1.29 is 15.0 Å². The number of benzene rings is 1. The van der Waals surface area contributed by atoms with Crippen LogP contribution in [0.25, 0.3) is 6.08 Å². The number of carbonyl (C=O) groups excluding carboxylic acids is 1. The lowest BCUT2D eigenvalue weighted by Gasteiger charge is -2.04. The average Bonchev–Trinajstić information content (AvgIpc) is 2.85. The topological polar surface area (TPSA) is 81.9 Å². The van der Waals surface area contributed by atoms with Crippen molar-refractivity contribution in [3.63, 3.8) is 0 Å². The highest BCUT2D eigenvalue weighted by molar-refractivity contribution is 8.18. The molecule has 1 aromatic carbocycles. The van der Waals surface area contributed by atoms with Crippen LogP contribution in [-0.2, 0) is 4.79 Å². The molecule has 1 heterocycles. The molecule has 1 saturated heterocycles. The van der Waals surface area contributed by atoms with Crippen molar-refractivity contribution in [1.82, 2.24) is 5.32 Å². The molecule has 112 valence electrons. The summed E-state index contributed by atoms with van der Waals surface area (Å²) in [7, 11) is 0. The summed E-state index contributed by atoms with van der Waals surface area (Å²) in [6.07, 6.45) is 3.80. The zero-order valence-corrected chi connectivity index (χ0v) is 13.1. The lowest BCUT2D eigenvalue weighted by atomic mass is 10.2. The maximum atomic E-state index is 11.9. The molecule has 1 aliphatic rings. The number of amidine groups is 1. The SMILES string of the molecule is CSc1ccc(/C=C2\SC(=NC(CO)CO)NC2=O)cc1. The summed E-state index contributed by atoms with van der Waals surface area (Å²) in [6, 6.07) is 7.29. The van der Waals surface area contributed by atoms with Gasteiger partial charge in [-0.15, -0.1) is 11.8 Å². The molecule has 0 aromatic heterocycles. The van der Waals surface area contributed by atoms with Gasteiger partial charge in [-0.2, -0.15) is 0 Å². The molecular weight excluding hydrogens is 308 g/mol. The second-order valence-corrected chi connectivity index (χ2v) is 6.20. The van der Waals surface area contributed by atoms with Gasteiger partial charge >= 0.3 is 0 Å². The van der Waals surface area contributed by atoms with E-state index in [0.29, 0.717) is 10.1 Å². The Balaban J connectivity index is 2.13. The fraction of sp³-hybridized carbons (Fsp3) is 0.286. The summed E-state index contributed by atoms with van der Waals surface area (Å²) >= 11 is 2.87. The Morgan fingerprint density at radius 3 is 2.57 bits per heavy atom. The summed E-state index contributed by atoms with van der Waals surface area (Å²) in [5.41, 5.74) is 0.938. The summed E-state index contributed by atoms with van der Waals surface area (Å²) < 4.78 is 0. The highest BCUT2D eigenvalue weighted by Crippen LogP contribution is 2.27. The van der Waals surface area contributed by atoms with Gasteiger partial charge in [0.2, 0.25) is 0 Å². The number of nitrogens with zero attached hydrogens (tertiary/aromatic N) is 1. The van der Waals surface area contributed by atoms with Gasteiger partial charge in [-0.3, -0.25) is 9.79 Å². The first kappa shape index (κ1) is 16.1. The fourth-order valence-electron chi connectivity index (χ4n) is 1.65. The molecule has 0 atom stereocenters. The zero-order chi connectivity index (χ0) is 15.2. The zero-order valence-electron chi connectivity index (χ0n) is 11.4. The third-order valence-electron chi connectivity index (χ3n) is 2.79. The molecule has 5 nitrogen and oxygen atoms in total. The second-order valence-electron chi connectivity index (χ2n) is 4.29. The number of thioether (sulfide) groups is 2. The van der Waals surface area contributed by atoms with Crippen LogP contribution in [0.4, 0.5) is 0 Å². The molecule has 7 heteroatoms. The molecule has 21 heavy (non-hydrogen) atoms. The Bertz CT molecular complexity index is 566. The average molecular weight is 324 g/mol. The van der Waals surface area contributed by atoms with Crippen molar-refractivity contribution in [2.24, 2.45) is 4.99 Å². The van der Waals surface area contributed by atoms with E-state index in [4.69, 9.17) is 10.2 Å². The van der Waals surface area contributed by atoms with Gasteiger partial charge in [0, 0.05) is 4.90 Å². The molecular formula is C14H16N2O3S2. The lowest BCUT2D eigenvalue weighted by Crippen LogP contribution is -2.24. The number of aliphatic hydroxyl groups is 2. The van der Waals surface area contributed by atoms with Crippen molar-refractivity contribution >= 4 is 40.7 Å². The van der Waals surface area contributed by atoms with Crippen molar-refractivity contribution in [1.29, 1.82) is 0 Å². The van der Waals surface area contributed by atoms with Gasteiger partial charge in [0.1, 0.15) is 0 Å². The number of amides is 1. The Hall–Kier alpha value is -1.28. The molecule has 0 spiro atoms. The molecule has 3 N–H and O–H groups in total. The van der Waals surface area contributed by atoms with E-state index in [2.05, 4.69) is 10.3 Å². The number of aliphatic hydroxyl groups excluding tert-OH is 2. The van der Waals surface area contributed by atoms with Crippen LogP contribution in [0.5, 0.6) is 0 Å². The van der Waals surface area contributed by atoms with Gasteiger partial charge in [0.05, 0.1) is 24.2 Å². The van der Waals surface area contributed by atoms with Gasteiger partial charge in [0.15, 0.2) is 5.17 Å². The number of hydrogen-bond donors (Lipinski definition) is 3. The summed E-state index contributed by atoms with van der Waals surface area (Å²) in [5, 5.41) is 21.0. The summed E-state index contributed by atoms with van der Waals surface area (Å²) in [4.78, 5) is 17.7. The van der Waals surface area contributed by atoms with Crippen molar-refractivity contribution in [3.05, 3.63) is 34.7 Å². The van der Waals surface area contributed by atoms with Gasteiger partial charge in [-0.1, -0.05) is 12.1 Å². The van der Waals surface area contributed by atoms with E-state index in [0.717, 1.165) is 10.5 Å². The Kier molecular flexibility index (Phi) is 5.86. The van der Waals surface area contributed by atoms with E-state index in [1.165, 1.54) is 11.8 Å². The summed E-state index contributed by atoms with van der Waals surface area (Å²) in [5.74, 6) is -0.220. The van der Waals surface area contributed by atoms with E-state index >= 15 is 0 Å². The molecule has 2 rings (SSSR count). The highest BCUT2D eigenvalue weighted by Gasteiger charge is 2.24. The van der Waals surface area contributed by atoms with Crippen LogP contribution >= 0.6 is 23.5 Å². The van der Waals surface area contributed by atoms with Crippen LogP contribution in [0.2, 0.25) is 0 Å². The van der Waals surface area contributed by atoms with E-state index in [-0.39, 0.29) is 19.1 Å². The first-order chi connectivity index (χ1) is 10.2. The maximum absolute atomic E-state index is 11.9. The smallest absolute Gasteiger partial charge is 0.264 e. The van der Waals surface area contributed by atoms with Crippen LogP contribution in [0.1, 0.15) is 5.56 Å². The van der Waals surface area contributed by atoms with Crippen molar-refractivity contribution in [2.75, 3.05) is 19.5 Å². The Labute approximate surface area is 131 Å². The van der Waals surface area contributed by atoms with Gasteiger partial charge in [-0.05, 0) is 41.8 Å². The molecule has 1 aliphatic heterocycles. The minimum absolute atomic E-state index is 0.220. The predicted molar refractivity (Wildman–Crippen MR) is 87.3 cm³/mol. The quantitative estimate of drug-likeness (QED) is 0.562. The molecule has 1 aromatic rings. The second kappa shape index (κ2) is 7.65. The van der Waals surface area contributed by atoms with E-state index in [1.54, 1.807) is 17.8 Å². The molecule has 0 radical (unpaired) electrons. The van der Waals surface area contributed by atoms with Crippen molar-refractivity contribution in [2.45, 2.75) is 10.9 Å². The largest absolute Gasteiger partial charge is 0.394 e. The first-order valence-electron chi connectivity index (χ1n) is 6.30. The number of aliphatic imine (C=N–C) groups is 1. The normalized spacial score (nSPS) is 18.8. The Morgan fingerprint density at radius 1 is 1.33 bits per heavy atom. The van der Waals surface area contributed by atoms with E-state index in [1.807, 2.05) is 30.5 Å². The van der Waals surface area contributed by atoms with Crippen LogP contribution in [-0.4, -0.2) is 46.8 Å². The number of rotatable bonds is 5. The van der Waals surface area contributed by atoms with Crippen LogP contribution in [0.15, 0.2) is 39.1 Å². The van der Waals surface area contributed by atoms with Crippen LogP contribution in [0.3, 0.4) is 0 Å². The first-order valence-corrected chi connectivity index (χ1v) is 8.35. The Morgan fingerprint density at radius 2 is 2.00 bits per heavy atom. The molecule has 1 amide bonds. The van der Waals surface area contributed by atoms with Crippen LogP contribution < -0.4 is 5.32 Å². The maximum Gasteiger partial charge on any atom is 0.264 e. The fourth-order valence-corrected chi connectivity index (χ4v) is 2.95. The molecule has 1 fully saturated rings. The molecule has 0 bridgehead atoms. The van der Waals surface area contributed by atoms with Crippen LogP contribution in [0, 0.1) is 0 Å². The third kappa shape index (κ3) is 4.34. The molecule has 0 aliphatic carbocycles. The minimum atomic E-state index is -0.604. The lowest BCUT2D eigenvalue weighted by molar-refractivity contribution is -0.115. The third-order valence-corrected chi connectivity index (χ3v) is 4.45. The van der Waals surface area contributed by atoms with E-state index < -0.39 is 6.04 Å². The summed E-state index contributed by atoms with van der Waals surface area (Å²) in [6.45, 7) is -0.517. The number of carbonyl (C=O) groups is 1. The van der Waals surface area contributed by atoms with E-state index in [9.17, 15) is 4.79 Å². The number of hydrogen-bond acceptors (Lipinski definition) is 6. The van der Waals surface area contributed by atoms with Gasteiger partial charge in [-0.25, -0.2) is 0 Å². The van der Waals surface area contributed by atoms with Crippen molar-refractivity contribution in [3.8, 4) is 0 Å². The van der Waals surface area contributed by atoms with Gasteiger partial charge in [0.25, 0.3) is 5.91 Å².